The smallest absolute Gasteiger partial charge is 0.420 e. The Kier molecular flexibility index (Phi) is 5.81. The lowest BCUT2D eigenvalue weighted by Gasteiger charge is -2.28. The molecule has 0 bridgehead atoms. The molecule has 2 aromatic heterocycles. The first-order chi connectivity index (χ1) is 14.4. The number of carbonyl (C=O) groups excluding carboxylic acids is 1. The molecule has 7 nitrogen and oxygen atoms in total. The van der Waals surface area contributed by atoms with E-state index in [0.717, 1.165) is 31.2 Å². The summed E-state index contributed by atoms with van der Waals surface area (Å²) in [6, 6.07) is 8.70. The summed E-state index contributed by atoms with van der Waals surface area (Å²) >= 11 is 5.97. The number of benzene rings is 1. The van der Waals surface area contributed by atoms with Crippen LogP contribution in [0.3, 0.4) is 0 Å². The van der Waals surface area contributed by atoms with Gasteiger partial charge < -0.3 is 14.5 Å². The van der Waals surface area contributed by atoms with Crippen molar-refractivity contribution in [2.45, 2.75) is 51.7 Å². The molecule has 1 N–H and O–H groups in total. The average Bonchev–Trinajstić information content (AvgIpc) is 3.03. The molecule has 158 valence electrons. The van der Waals surface area contributed by atoms with Crippen LogP contribution in [0, 0.1) is 5.92 Å². The Morgan fingerprint density at radius 2 is 2.00 bits per heavy atom. The second-order valence-corrected chi connectivity index (χ2v) is 8.34. The highest BCUT2D eigenvalue weighted by molar-refractivity contribution is 6.30. The predicted molar refractivity (Wildman–Crippen MR) is 115 cm³/mol. The van der Waals surface area contributed by atoms with Crippen molar-refractivity contribution in [3.63, 3.8) is 0 Å². The number of nitrogens with zero attached hydrogens (tertiary/aromatic N) is 2. The highest BCUT2D eigenvalue weighted by atomic mass is 35.5. The van der Waals surface area contributed by atoms with Crippen molar-refractivity contribution in [3.8, 4) is 5.88 Å². The molecule has 0 saturated heterocycles. The minimum absolute atomic E-state index is 0.00120. The van der Waals surface area contributed by atoms with Gasteiger partial charge in [-0.25, -0.2) is 9.78 Å². The van der Waals surface area contributed by atoms with Crippen molar-refractivity contribution in [1.82, 2.24) is 9.55 Å². The van der Waals surface area contributed by atoms with Crippen molar-refractivity contribution in [3.05, 3.63) is 52.1 Å². The Morgan fingerprint density at radius 3 is 2.70 bits per heavy atom. The van der Waals surface area contributed by atoms with Gasteiger partial charge in [-0.05, 0) is 57.7 Å². The van der Waals surface area contributed by atoms with Crippen LogP contribution < -0.4 is 15.8 Å². The molecular formula is C22H24ClN3O4. The third kappa shape index (κ3) is 4.36. The number of nitrogens with one attached hydrogen (secondary N) is 1. The first-order valence-corrected chi connectivity index (χ1v) is 10.5. The number of ether oxygens (including phenoxy) is 1. The van der Waals surface area contributed by atoms with Gasteiger partial charge in [-0.15, -0.1) is 0 Å². The molecule has 0 radical (unpaired) electrons. The van der Waals surface area contributed by atoms with Gasteiger partial charge in [0.05, 0.1) is 5.52 Å². The van der Waals surface area contributed by atoms with Gasteiger partial charge in [0.25, 0.3) is 0 Å². The molecule has 1 saturated carbocycles. The number of halogens is 1. The van der Waals surface area contributed by atoms with Crippen LogP contribution in [0.5, 0.6) is 5.88 Å². The molecule has 0 atom stereocenters. The molecule has 8 heteroatoms. The molecule has 0 unspecified atom stereocenters. The van der Waals surface area contributed by atoms with E-state index in [0.29, 0.717) is 22.2 Å². The lowest BCUT2D eigenvalue weighted by Crippen LogP contribution is -2.31. The van der Waals surface area contributed by atoms with Crippen LogP contribution >= 0.6 is 11.6 Å². The van der Waals surface area contributed by atoms with E-state index in [1.165, 1.54) is 0 Å². The van der Waals surface area contributed by atoms with Crippen molar-refractivity contribution < 1.29 is 13.9 Å². The van der Waals surface area contributed by atoms with E-state index >= 15 is 0 Å². The van der Waals surface area contributed by atoms with Gasteiger partial charge in [0.15, 0.2) is 5.58 Å². The molecule has 1 fully saturated rings. The van der Waals surface area contributed by atoms with E-state index in [1.54, 1.807) is 41.1 Å². The number of oxazole rings is 1. The molecule has 0 aliphatic heterocycles. The Labute approximate surface area is 179 Å². The molecule has 4 rings (SSSR count). The van der Waals surface area contributed by atoms with Gasteiger partial charge in [-0.1, -0.05) is 11.6 Å². The van der Waals surface area contributed by atoms with E-state index < -0.39 is 5.76 Å². The second kappa shape index (κ2) is 8.52. The van der Waals surface area contributed by atoms with E-state index in [2.05, 4.69) is 10.3 Å². The monoisotopic (exact) mass is 429 g/mol. The minimum Gasteiger partial charge on any atom is -0.474 e. The number of hydrogen-bond donors (Lipinski definition) is 1. The van der Waals surface area contributed by atoms with Crippen molar-refractivity contribution >= 4 is 34.3 Å². The fraction of sp³-hybridized carbons (Fsp3) is 0.409. The van der Waals surface area contributed by atoms with Crippen molar-refractivity contribution in [1.29, 1.82) is 0 Å². The minimum atomic E-state index is -0.393. The number of aromatic nitrogens is 2. The first kappa shape index (κ1) is 20.5. The van der Waals surface area contributed by atoms with Crippen LogP contribution in [0.1, 0.15) is 45.6 Å². The largest absolute Gasteiger partial charge is 0.474 e. The molecular weight excluding hydrogens is 406 g/mol. The SMILES string of the molecule is CC(C)n1c(=O)oc2cc(NC(=O)C3CCC(Oc4cc(Cl)ccn4)CC3)ccc21. The van der Waals surface area contributed by atoms with Gasteiger partial charge in [-0.3, -0.25) is 9.36 Å². The summed E-state index contributed by atoms with van der Waals surface area (Å²) < 4.78 is 12.8. The third-order valence-corrected chi connectivity index (χ3v) is 5.66. The summed E-state index contributed by atoms with van der Waals surface area (Å²) in [6.45, 7) is 3.85. The molecule has 0 spiro atoms. The molecule has 2 heterocycles. The molecule has 1 aromatic carbocycles. The zero-order valence-corrected chi connectivity index (χ0v) is 17.7. The maximum absolute atomic E-state index is 12.7. The molecule has 1 amide bonds. The Hall–Kier alpha value is -2.80. The fourth-order valence-electron chi connectivity index (χ4n) is 3.91. The van der Waals surface area contributed by atoms with Crippen molar-refractivity contribution in [2.75, 3.05) is 5.32 Å². The number of anilines is 1. The summed E-state index contributed by atoms with van der Waals surface area (Å²) in [6.07, 6.45) is 4.66. The third-order valence-electron chi connectivity index (χ3n) is 5.43. The second-order valence-electron chi connectivity index (χ2n) is 7.91. The lowest BCUT2D eigenvalue weighted by atomic mass is 9.86. The van der Waals surface area contributed by atoms with Gasteiger partial charge >= 0.3 is 5.76 Å². The van der Waals surface area contributed by atoms with Gasteiger partial charge in [0, 0.05) is 41.0 Å². The van der Waals surface area contributed by atoms with Gasteiger partial charge in [0.1, 0.15) is 6.10 Å². The normalized spacial score (nSPS) is 19.2. The standard InChI is InChI=1S/C22H24ClN3O4/c1-13(2)26-18-8-5-16(12-19(18)30-22(26)28)25-21(27)14-3-6-17(7-4-14)29-20-11-15(23)9-10-24-20/h5,8-14,17H,3-4,6-7H2,1-2H3,(H,25,27). The maximum atomic E-state index is 12.7. The van der Waals surface area contributed by atoms with Crippen LogP contribution in [-0.2, 0) is 4.79 Å². The summed E-state index contributed by atoms with van der Waals surface area (Å²) in [5.41, 5.74) is 1.82. The van der Waals surface area contributed by atoms with Crippen LogP contribution in [-0.4, -0.2) is 21.6 Å². The summed E-state index contributed by atoms with van der Waals surface area (Å²) in [7, 11) is 0. The highest BCUT2D eigenvalue weighted by Gasteiger charge is 2.28. The molecule has 1 aliphatic rings. The number of fused-ring (bicyclic) bond motifs is 1. The van der Waals surface area contributed by atoms with E-state index in [4.69, 9.17) is 20.8 Å². The summed E-state index contributed by atoms with van der Waals surface area (Å²) in [4.78, 5) is 28.9. The molecule has 30 heavy (non-hydrogen) atoms. The van der Waals surface area contributed by atoms with E-state index in [9.17, 15) is 9.59 Å². The maximum Gasteiger partial charge on any atom is 0.420 e. The van der Waals surface area contributed by atoms with Crippen molar-refractivity contribution in [2.24, 2.45) is 5.92 Å². The fourth-order valence-corrected chi connectivity index (χ4v) is 4.06. The Morgan fingerprint density at radius 1 is 1.23 bits per heavy atom. The van der Waals surface area contributed by atoms with Gasteiger partial charge in [-0.2, -0.15) is 0 Å². The van der Waals surface area contributed by atoms with Crippen LogP contribution in [0.25, 0.3) is 11.1 Å². The number of pyridine rings is 1. The number of rotatable bonds is 5. The first-order valence-electron chi connectivity index (χ1n) is 10.1. The molecule has 1 aliphatic carbocycles. The zero-order chi connectivity index (χ0) is 21.3. The summed E-state index contributed by atoms with van der Waals surface area (Å²) in [5, 5.41) is 3.54. The van der Waals surface area contributed by atoms with Crippen LogP contribution in [0.15, 0.2) is 45.7 Å². The Bertz CT molecular complexity index is 1110. The topological polar surface area (TPSA) is 86.4 Å². The number of carbonyl (C=O) groups is 1. The van der Waals surface area contributed by atoms with Crippen LogP contribution in [0.2, 0.25) is 5.02 Å². The number of amides is 1. The quantitative estimate of drug-likeness (QED) is 0.629. The predicted octanol–water partition coefficient (Wildman–Crippen LogP) is 4.80. The average molecular weight is 430 g/mol. The molecule has 3 aromatic rings. The van der Waals surface area contributed by atoms with Gasteiger partial charge in [0.2, 0.25) is 11.8 Å². The Balaban J connectivity index is 1.36. The lowest BCUT2D eigenvalue weighted by molar-refractivity contribution is -0.121. The van der Waals surface area contributed by atoms with Crippen LogP contribution in [0.4, 0.5) is 5.69 Å². The highest BCUT2D eigenvalue weighted by Crippen LogP contribution is 2.29. The van der Waals surface area contributed by atoms with E-state index in [-0.39, 0.29) is 24.0 Å². The summed E-state index contributed by atoms with van der Waals surface area (Å²) in [5.74, 6) is 0.00832. The van der Waals surface area contributed by atoms with E-state index in [1.807, 2.05) is 13.8 Å². The zero-order valence-electron chi connectivity index (χ0n) is 16.9. The number of hydrogen-bond acceptors (Lipinski definition) is 5.